The molecule has 0 spiro atoms. The van der Waals surface area contributed by atoms with Crippen LogP contribution in [0.3, 0.4) is 0 Å². The quantitative estimate of drug-likeness (QED) is 0.374. The zero-order chi connectivity index (χ0) is 16.1. The first kappa shape index (κ1) is 18.6. The van der Waals surface area contributed by atoms with Crippen LogP contribution in [-0.4, -0.2) is 37.7 Å². The lowest BCUT2D eigenvalue weighted by atomic mass is 10.0. The molecule has 24 heavy (non-hydrogen) atoms. The lowest BCUT2D eigenvalue weighted by Gasteiger charge is -2.21. The van der Waals surface area contributed by atoms with E-state index >= 15 is 0 Å². The number of rotatable bonds is 3. The molecule has 3 rings (SSSR count). The van der Waals surface area contributed by atoms with E-state index in [0.29, 0.717) is 37.9 Å². The van der Waals surface area contributed by atoms with Crippen molar-refractivity contribution in [1.82, 2.24) is 5.32 Å². The Kier molecular flexibility index (Phi) is 6.95. The van der Waals surface area contributed by atoms with Gasteiger partial charge in [-0.2, -0.15) is 0 Å². The summed E-state index contributed by atoms with van der Waals surface area (Å²) in [6.07, 6.45) is 3.31. The normalized spacial score (nSPS) is 20.4. The Bertz CT molecular complexity index is 609. The summed E-state index contributed by atoms with van der Waals surface area (Å²) in [7, 11) is 0. The highest BCUT2D eigenvalue weighted by Gasteiger charge is 2.17. The number of hydrogen-bond donors (Lipinski definition) is 3. The number of hydrogen-bond acceptors (Lipinski definition) is 4. The van der Waals surface area contributed by atoms with Gasteiger partial charge in [-0.25, -0.2) is 0 Å². The zero-order valence-electron chi connectivity index (χ0n) is 13.4. The summed E-state index contributed by atoms with van der Waals surface area (Å²) in [6.45, 7) is 1.78. The predicted molar refractivity (Wildman–Crippen MR) is 103 cm³/mol. The molecule has 1 amide bonds. The third-order valence-electron chi connectivity index (χ3n) is 3.82. The Morgan fingerprint density at radius 3 is 2.88 bits per heavy atom. The molecule has 2 heterocycles. The van der Waals surface area contributed by atoms with Gasteiger partial charge in [-0.05, 0) is 25.0 Å². The maximum atomic E-state index is 11.3. The second-order valence-corrected chi connectivity index (χ2v) is 5.72. The molecule has 1 atom stereocenters. The number of carbonyl (C=O) groups is 1. The fourth-order valence-corrected chi connectivity index (χ4v) is 2.65. The Morgan fingerprint density at radius 1 is 1.29 bits per heavy atom. The van der Waals surface area contributed by atoms with Crippen molar-refractivity contribution in [2.45, 2.75) is 31.7 Å². The van der Waals surface area contributed by atoms with Gasteiger partial charge in [0, 0.05) is 30.6 Å². The van der Waals surface area contributed by atoms with Crippen LogP contribution in [-0.2, 0) is 4.79 Å². The third-order valence-corrected chi connectivity index (χ3v) is 3.82. The number of fused-ring (bicyclic) bond motifs is 1. The largest absolute Gasteiger partial charge is 0.490 e. The molecule has 2 aliphatic rings. The lowest BCUT2D eigenvalue weighted by Crippen LogP contribution is -2.41. The SMILES string of the molecule is I.NC(=NCC1CCCC(=O)N1)Nc1ccc2c(c1)OCCCO2. The third kappa shape index (κ3) is 5.15. The topological polar surface area (TPSA) is 98.0 Å². The number of piperidine rings is 1. The molecule has 4 N–H and O–H groups in total. The van der Waals surface area contributed by atoms with Crippen molar-refractivity contribution in [3.8, 4) is 11.5 Å². The average molecular weight is 446 g/mol. The highest BCUT2D eigenvalue weighted by molar-refractivity contribution is 14.0. The molecular weight excluding hydrogens is 423 g/mol. The number of amides is 1. The van der Waals surface area contributed by atoms with E-state index in [9.17, 15) is 4.79 Å². The van der Waals surface area contributed by atoms with Gasteiger partial charge in [0.1, 0.15) is 0 Å². The summed E-state index contributed by atoms with van der Waals surface area (Å²) in [6, 6.07) is 5.65. The minimum Gasteiger partial charge on any atom is -0.490 e. The second kappa shape index (κ2) is 8.95. The molecule has 132 valence electrons. The van der Waals surface area contributed by atoms with Crippen LogP contribution in [0.2, 0.25) is 0 Å². The van der Waals surface area contributed by atoms with Crippen molar-refractivity contribution in [2.75, 3.05) is 25.1 Å². The maximum Gasteiger partial charge on any atom is 0.220 e. The molecule has 1 saturated heterocycles. The van der Waals surface area contributed by atoms with Gasteiger partial charge in [-0.15, -0.1) is 24.0 Å². The zero-order valence-corrected chi connectivity index (χ0v) is 15.7. The first-order chi connectivity index (χ1) is 11.2. The minimum absolute atomic E-state index is 0. The van der Waals surface area contributed by atoms with E-state index in [1.54, 1.807) is 0 Å². The van der Waals surface area contributed by atoms with Crippen molar-refractivity contribution < 1.29 is 14.3 Å². The number of nitrogens with zero attached hydrogens (tertiary/aromatic N) is 1. The molecule has 8 heteroatoms. The molecule has 0 aromatic heterocycles. The monoisotopic (exact) mass is 446 g/mol. The molecule has 0 radical (unpaired) electrons. The summed E-state index contributed by atoms with van der Waals surface area (Å²) >= 11 is 0. The first-order valence-corrected chi connectivity index (χ1v) is 7.96. The summed E-state index contributed by atoms with van der Waals surface area (Å²) in [4.78, 5) is 15.6. The van der Waals surface area contributed by atoms with Crippen molar-refractivity contribution in [1.29, 1.82) is 0 Å². The molecule has 0 bridgehead atoms. The molecule has 2 aliphatic heterocycles. The number of anilines is 1. The van der Waals surface area contributed by atoms with Crippen LogP contribution in [0.15, 0.2) is 23.2 Å². The fourth-order valence-electron chi connectivity index (χ4n) is 2.65. The van der Waals surface area contributed by atoms with Gasteiger partial charge in [-0.1, -0.05) is 0 Å². The van der Waals surface area contributed by atoms with E-state index in [4.69, 9.17) is 15.2 Å². The van der Waals surface area contributed by atoms with E-state index in [1.165, 1.54) is 0 Å². The smallest absolute Gasteiger partial charge is 0.220 e. The van der Waals surface area contributed by atoms with E-state index < -0.39 is 0 Å². The van der Waals surface area contributed by atoms with Gasteiger partial charge < -0.3 is 25.8 Å². The van der Waals surface area contributed by atoms with Crippen LogP contribution in [0.4, 0.5) is 5.69 Å². The first-order valence-electron chi connectivity index (χ1n) is 7.96. The molecule has 0 saturated carbocycles. The van der Waals surface area contributed by atoms with Gasteiger partial charge in [-0.3, -0.25) is 9.79 Å². The number of nitrogens with one attached hydrogen (secondary N) is 2. The standard InChI is InChI=1S/C16H22N4O3.HI/c17-16(18-10-12-3-1-4-15(21)19-12)20-11-5-6-13-14(9-11)23-8-2-7-22-13;/h5-6,9,12H,1-4,7-8,10H2,(H,19,21)(H3,17,18,20);1H. The summed E-state index contributed by atoms with van der Waals surface area (Å²) in [5.74, 6) is 1.86. The number of aliphatic imine (C=N–C) groups is 1. The second-order valence-electron chi connectivity index (χ2n) is 5.72. The van der Waals surface area contributed by atoms with Crippen molar-refractivity contribution >= 4 is 41.5 Å². The molecular formula is C16H23IN4O3. The van der Waals surface area contributed by atoms with Crippen LogP contribution in [0.1, 0.15) is 25.7 Å². The minimum atomic E-state index is 0. The Hall–Kier alpha value is -1.71. The number of halogens is 1. The molecule has 1 fully saturated rings. The summed E-state index contributed by atoms with van der Waals surface area (Å²) < 4.78 is 11.2. The van der Waals surface area contributed by atoms with Crippen molar-refractivity contribution in [2.24, 2.45) is 10.7 Å². The maximum absolute atomic E-state index is 11.3. The van der Waals surface area contributed by atoms with E-state index in [0.717, 1.165) is 30.7 Å². The highest BCUT2D eigenvalue weighted by Crippen LogP contribution is 2.32. The van der Waals surface area contributed by atoms with E-state index in [-0.39, 0.29) is 35.9 Å². The van der Waals surface area contributed by atoms with Crippen LogP contribution >= 0.6 is 24.0 Å². The number of nitrogens with two attached hydrogens (primary N) is 1. The predicted octanol–water partition coefficient (Wildman–Crippen LogP) is 1.86. The van der Waals surface area contributed by atoms with Gasteiger partial charge in [0.15, 0.2) is 17.5 Å². The Labute approximate surface area is 158 Å². The van der Waals surface area contributed by atoms with Crippen molar-refractivity contribution in [3.05, 3.63) is 18.2 Å². The molecule has 1 aromatic rings. The van der Waals surface area contributed by atoms with Crippen LogP contribution in [0.5, 0.6) is 11.5 Å². The van der Waals surface area contributed by atoms with Crippen LogP contribution < -0.4 is 25.8 Å². The number of ether oxygens (including phenoxy) is 2. The summed E-state index contributed by atoms with van der Waals surface area (Å²) in [5.41, 5.74) is 6.71. The number of guanidine groups is 1. The summed E-state index contributed by atoms with van der Waals surface area (Å²) in [5, 5.41) is 5.96. The average Bonchev–Trinajstić information content (AvgIpc) is 2.78. The molecule has 0 aliphatic carbocycles. The van der Waals surface area contributed by atoms with E-state index in [2.05, 4.69) is 15.6 Å². The Morgan fingerprint density at radius 2 is 2.08 bits per heavy atom. The van der Waals surface area contributed by atoms with Gasteiger partial charge in [0.2, 0.25) is 5.91 Å². The lowest BCUT2D eigenvalue weighted by molar-refractivity contribution is -0.123. The van der Waals surface area contributed by atoms with Crippen LogP contribution in [0, 0.1) is 0 Å². The van der Waals surface area contributed by atoms with Gasteiger partial charge in [0.05, 0.1) is 19.8 Å². The Balaban J connectivity index is 0.00000208. The molecule has 1 unspecified atom stereocenters. The van der Waals surface area contributed by atoms with Gasteiger partial charge >= 0.3 is 0 Å². The number of carbonyl (C=O) groups excluding carboxylic acids is 1. The van der Waals surface area contributed by atoms with E-state index in [1.807, 2.05) is 18.2 Å². The van der Waals surface area contributed by atoms with Gasteiger partial charge in [0.25, 0.3) is 0 Å². The van der Waals surface area contributed by atoms with Crippen molar-refractivity contribution in [3.63, 3.8) is 0 Å². The highest BCUT2D eigenvalue weighted by atomic mass is 127. The molecule has 1 aromatic carbocycles. The fraction of sp³-hybridized carbons (Fsp3) is 0.500. The number of benzene rings is 1. The molecule has 7 nitrogen and oxygen atoms in total. The van der Waals surface area contributed by atoms with Crippen LogP contribution in [0.25, 0.3) is 0 Å².